The van der Waals surface area contributed by atoms with Gasteiger partial charge in [0.15, 0.2) is 0 Å². The summed E-state index contributed by atoms with van der Waals surface area (Å²) in [4.78, 5) is 12.0. The van der Waals surface area contributed by atoms with Crippen molar-refractivity contribution in [3.63, 3.8) is 0 Å². The Balaban J connectivity index is 1.71. The predicted octanol–water partition coefficient (Wildman–Crippen LogP) is 1.59. The second-order valence-electron chi connectivity index (χ2n) is 5.72. The lowest BCUT2D eigenvalue weighted by atomic mass is 10.1. The highest BCUT2D eigenvalue weighted by molar-refractivity contribution is 5.81. The average molecular weight is 254 g/mol. The molecule has 0 aromatic carbocycles. The number of ether oxygens (including phenoxy) is 1. The van der Waals surface area contributed by atoms with Gasteiger partial charge in [-0.3, -0.25) is 4.79 Å². The highest BCUT2D eigenvalue weighted by Crippen LogP contribution is 2.18. The van der Waals surface area contributed by atoms with Gasteiger partial charge in [-0.25, -0.2) is 0 Å². The van der Waals surface area contributed by atoms with Crippen molar-refractivity contribution in [1.82, 2.24) is 10.6 Å². The summed E-state index contributed by atoms with van der Waals surface area (Å²) in [6, 6.07) is 0.515. The molecule has 1 amide bonds. The first-order valence-corrected chi connectivity index (χ1v) is 7.35. The van der Waals surface area contributed by atoms with E-state index in [0.29, 0.717) is 6.04 Å². The molecule has 0 radical (unpaired) electrons. The first kappa shape index (κ1) is 13.8. The summed E-state index contributed by atoms with van der Waals surface area (Å²) in [5.74, 6) is 0.131. The third kappa shape index (κ3) is 3.69. The lowest BCUT2D eigenvalue weighted by Gasteiger charge is -2.25. The minimum absolute atomic E-state index is 0.131. The second kappa shape index (κ2) is 6.53. The van der Waals surface area contributed by atoms with Crippen molar-refractivity contribution in [3.05, 3.63) is 0 Å². The Kier molecular flexibility index (Phi) is 5.01. The Labute approximate surface area is 110 Å². The number of hydrogen-bond acceptors (Lipinski definition) is 3. The van der Waals surface area contributed by atoms with Gasteiger partial charge in [0.25, 0.3) is 0 Å². The van der Waals surface area contributed by atoms with E-state index in [2.05, 4.69) is 17.6 Å². The van der Waals surface area contributed by atoms with E-state index in [1.807, 2.05) is 6.92 Å². The standard InChI is InChI=1S/C14H26N2O2/c1-10(13-8-5-9-18-13)15-11(2)14(17)16-12-6-3-4-7-12/h10-13,15H,3-9H2,1-2H3,(H,16,17). The maximum atomic E-state index is 12.0. The molecule has 1 aliphatic carbocycles. The zero-order valence-electron chi connectivity index (χ0n) is 11.6. The van der Waals surface area contributed by atoms with Crippen molar-refractivity contribution in [2.45, 2.75) is 76.6 Å². The molecule has 4 nitrogen and oxygen atoms in total. The van der Waals surface area contributed by atoms with E-state index in [9.17, 15) is 4.79 Å². The zero-order valence-corrected chi connectivity index (χ0v) is 11.6. The van der Waals surface area contributed by atoms with Crippen LogP contribution in [0.15, 0.2) is 0 Å². The SMILES string of the molecule is CC(NC(C)C1CCCO1)C(=O)NC1CCCC1. The maximum absolute atomic E-state index is 12.0. The third-order valence-electron chi connectivity index (χ3n) is 4.13. The molecule has 3 unspecified atom stereocenters. The molecular formula is C14H26N2O2. The first-order valence-electron chi connectivity index (χ1n) is 7.35. The smallest absolute Gasteiger partial charge is 0.237 e. The number of nitrogens with one attached hydrogen (secondary N) is 2. The summed E-state index contributed by atoms with van der Waals surface area (Å²) >= 11 is 0. The van der Waals surface area contributed by atoms with Crippen LogP contribution in [0.25, 0.3) is 0 Å². The van der Waals surface area contributed by atoms with Crippen LogP contribution in [-0.4, -0.2) is 36.7 Å². The van der Waals surface area contributed by atoms with E-state index in [1.165, 1.54) is 12.8 Å². The molecular weight excluding hydrogens is 228 g/mol. The fraction of sp³-hybridized carbons (Fsp3) is 0.929. The van der Waals surface area contributed by atoms with Crippen LogP contribution in [0.3, 0.4) is 0 Å². The number of amides is 1. The molecule has 2 fully saturated rings. The monoisotopic (exact) mass is 254 g/mol. The fourth-order valence-electron chi connectivity index (χ4n) is 2.97. The Morgan fingerprint density at radius 1 is 1.17 bits per heavy atom. The summed E-state index contributed by atoms with van der Waals surface area (Å²) < 4.78 is 5.63. The van der Waals surface area contributed by atoms with Crippen LogP contribution in [0, 0.1) is 0 Å². The second-order valence-corrected chi connectivity index (χ2v) is 5.72. The van der Waals surface area contributed by atoms with Crippen LogP contribution in [0.1, 0.15) is 52.4 Å². The molecule has 0 bridgehead atoms. The van der Waals surface area contributed by atoms with Gasteiger partial charge in [0.05, 0.1) is 12.1 Å². The van der Waals surface area contributed by atoms with Gasteiger partial charge in [-0.1, -0.05) is 12.8 Å². The first-order chi connectivity index (χ1) is 8.66. The summed E-state index contributed by atoms with van der Waals surface area (Å²) in [6.07, 6.45) is 7.29. The van der Waals surface area contributed by atoms with E-state index >= 15 is 0 Å². The Morgan fingerprint density at radius 2 is 1.89 bits per heavy atom. The van der Waals surface area contributed by atoms with E-state index in [0.717, 1.165) is 32.3 Å². The molecule has 4 heteroatoms. The summed E-state index contributed by atoms with van der Waals surface area (Å²) in [5.41, 5.74) is 0. The van der Waals surface area contributed by atoms with Crippen LogP contribution >= 0.6 is 0 Å². The molecule has 104 valence electrons. The van der Waals surface area contributed by atoms with E-state index in [-0.39, 0.29) is 24.1 Å². The molecule has 2 N–H and O–H groups in total. The van der Waals surface area contributed by atoms with Crippen molar-refractivity contribution in [2.75, 3.05) is 6.61 Å². The van der Waals surface area contributed by atoms with E-state index in [4.69, 9.17) is 4.74 Å². The number of rotatable bonds is 5. The van der Waals surface area contributed by atoms with Gasteiger partial charge < -0.3 is 15.4 Å². The highest BCUT2D eigenvalue weighted by Gasteiger charge is 2.26. The molecule has 3 atom stereocenters. The molecule has 1 aliphatic heterocycles. The average Bonchev–Trinajstić information content (AvgIpc) is 3.01. The lowest BCUT2D eigenvalue weighted by molar-refractivity contribution is -0.123. The number of carbonyl (C=O) groups excluding carboxylic acids is 1. The van der Waals surface area contributed by atoms with Gasteiger partial charge >= 0.3 is 0 Å². The molecule has 1 saturated carbocycles. The largest absolute Gasteiger partial charge is 0.377 e. The van der Waals surface area contributed by atoms with Gasteiger partial charge in [0.1, 0.15) is 0 Å². The molecule has 0 spiro atoms. The topological polar surface area (TPSA) is 50.4 Å². The van der Waals surface area contributed by atoms with Gasteiger partial charge in [0, 0.05) is 18.7 Å². The minimum Gasteiger partial charge on any atom is -0.377 e. The van der Waals surface area contributed by atoms with Crippen LogP contribution in [0.2, 0.25) is 0 Å². The quantitative estimate of drug-likeness (QED) is 0.783. The zero-order chi connectivity index (χ0) is 13.0. The molecule has 0 aromatic rings. The molecule has 1 heterocycles. The lowest BCUT2D eigenvalue weighted by Crippen LogP contribution is -2.51. The third-order valence-corrected chi connectivity index (χ3v) is 4.13. The van der Waals surface area contributed by atoms with Crippen LogP contribution in [-0.2, 0) is 9.53 Å². The van der Waals surface area contributed by atoms with Crippen LogP contribution in [0.4, 0.5) is 0 Å². The van der Waals surface area contributed by atoms with Crippen LogP contribution < -0.4 is 10.6 Å². The fourth-order valence-corrected chi connectivity index (χ4v) is 2.97. The van der Waals surface area contributed by atoms with Crippen molar-refractivity contribution >= 4 is 5.91 Å². The van der Waals surface area contributed by atoms with Gasteiger partial charge in [-0.05, 0) is 39.5 Å². The van der Waals surface area contributed by atoms with Crippen molar-refractivity contribution in [3.8, 4) is 0 Å². The minimum atomic E-state index is -0.134. The van der Waals surface area contributed by atoms with Gasteiger partial charge in [-0.2, -0.15) is 0 Å². The molecule has 2 aliphatic rings. The normalized spacial score (nSPS) is 28.2. The molecule has 18 heavy (non-hydrogen) atoms. The Hall–Kier alpha value is -0.610. The highest BCUT2D eigenvalue weighted by atomic mass is 16.5. The number of carbonyl (C=O) groups is 1. The Bertz CT molecular complexity index is 271. The van der Waals surface area contributed by atoms with E-state index in [1.54, 1.807) is 0 Å². The predicted molar refractivity (Wildman–Crippen MR) is 71.4 cm³/mol. The summed E-state index contributed by atoms with van der Waals surface area (Å²) in [7, 11) is 0. The molecule has 0 aromatic heterocycles. The van der Waals surface area contributed by atoms with Crippen molar-refractivity contribution in [2.24, 2.45) is 0 Å². The van der Waals surface area contributed by atoms with E-state index < -0.39 is 0 Å². The molecule has 1 saturated heterocycles. The van der Waals surface area contributed by atoms with Gasteiger partial charge in [0.2, 0.25) is 5.91 Å². The van der Waals surface area contributed by atoms with Crippen molar-refractivity contribution in [1.29, 1.82) is 0 Å². The van der Waals surface area contributed by atoms with Gasteiger partial charge in [-0.15, -0.1) is 0 Å². The van der Waals surface area contributed by atoms with Crippen LogP contribution in [0.5, 0.6) is 0 Å². The van der Waals surface area contributed by atoms with Crippen molar-refractivity contribution < 1.29 is 9.53 Å². The Morgan fingerprint density at radius 3 is 2.50 bits per heavy atom. The summed E-state index contributed by atoms with van der Waals surface area (Å²) in [6.45, 7) is 4.91. The maximum Gasteiger partial charge on any atom is 0.237 e. The molecule has 2 rings (SSSR count). The number of hydrogen-bond donors (Lipinski definition) is 2. The summed E-state index contributed by atoms with van der Waals surface area (Å²) in [5, 5.41) is 6.49.